The molecule has 1 saturated heterocycles. The molecule has 1 aliphatic heterocycles. The highest BCUT2D eigenvalue weighted by molar-refractivity contribution is 5.56. The van der Waals surface area contributed by atoms with Gasteiger partial charge in [0.05, 0.1) is 17.9 Å². The van der Waals surface area contributed by atoms with Crippen LogP contribution in [0.1, 0.15) is 35.9 Å². The fraction of sp³-hybridized carbons (Fsp3) is 0.333. The van der Waals surface area contributed by atoms with Crippen LogP contribution in [0.25, 0.3) is 0 Å². The van der Waals surface area contributed by atoms with E-state index in [9.17, 15) is 5.26 Å². The van der Waals surface area contributed by atoms with Gasteiger partial charge >= 0.3 is 0 Å². The number of aromatic nitrogens is 1. The first-order chi connectivity index (χ1) is 9.29. The summed E-state index contributed by atoms with van der Waals surface area (Å²) in [5, 5.41) is 9.25. The zero-order valence-electron chi connectivity index (χ0n) is 10.8. The third-order valence-electron chi connectivity index (χ3n) is 3.53. The number of aryl methyl sites for hydroxylation is 1. The minimum Gasteiger partial charge on any atom is -0.467 e. The number of nitriles is 1. The van der Waals surface area contributed by atoms with Gasteiger partial charge in [-0.3, -0.25) is 0 Å². The number of hydrogen-bond acceptors (Lipinski definition) is 4. The van der Waals surface area contributed by atoms with Gasteiger partial charge in [0.1, 0.15) is 17.6 Å². The Morgan fingerprint density at radius 2 is 2.32 bits per heavy atom. The van der Waals surface area contributed by atoms with Crippen LogP contribution >= 0.6 is 0 Å². The van der Waals surface area contributed by atoms with Crippen LogP contribution in [0.4, 0.5) is 5.82 Å². The van der Waals surface area contributed by atoms with Crippen molar-refractivity contribution in [3.8, 4) is 6.07 Å². The van der Waals surface area contributed by atoms with Crippen LogP contribution in [0.5, 0.6) is 0 Å². The monoisotopic (exact) mass is 253 g/mol. The zero-order chi connectivity index (χ0) is 13.2. The zero-order valence-corrected chi connectivity index (χ0v) is 10.8. The smallest absolute Gasteiger partial charge is 0.147 e. The molecule has 1 fully saturated rings. The molecule has 0 radical (unpaired) electrons. The van der Waals surface area contributed by atoms with E-state index in [4.69, 9.17) is 4.42 Å². The summed E-state index contributed by atoms with van der Waals surface area (Å²) in [6.07, 6.45) is 3.82. The standard InChI is InChI=1S/C15H15N3O/c1-11-6-7-12(10-16)15(17-11)18-8-2-4-13(18)14-5-3-9-19-14/h3,5-7,9,13H,2,4,8H2,1H3/t13-/m0/s1. The van der Waals surface area contributed by atoms with Crippen molar-refractivity contribution in [3.05, 3.63) is 47.5 Å². The Kier molecular flexibility index (Phi) is 2.96. The fourth-order valence-electron chi connectivity index (χ4n) is 2.65. The van der Waals surface area contributed by atoms with Gasteiger partial charge < -0.3 is 9.32 Å². The molecular formula is C15H15N3O. The molecule has 4 heteroatoms. The maximum absolute atomic E-state index is 9.25. The van der Waals surface area contributed by atoms with E-state index in [0.717, 1.165) is 36.7 Å². The molecule has 3 heterocycles. The second-order valence-electron chi connectivity index (χ2n) is 4.80. The fourth-order valence-corrected chi connectivity index (χ4v) is 2.65. The van der Waals surface area contributed by atoms with E-state index in [1.54, 1.807) is 6.26 Å². The Balaban J connectivity index is 2.02. The molecule has 19 heavy (non-hydrogen) atoms. The van der Waals surface area contributed by atoms with Crippen LogP contribution in [-0.2, 0) is 0 Å². The number of pyridine rings is 1. The molecule has 0 aliphatic carbocycles. The summed E-state index contributed by atoms with van der Waals surface area (Å²) in [6, 6.07) is 10.0. The molecule has 0 aromatic carbocycles. The van der Waals surface area contributed by atoms with Crippen molar-refractivity contribution in [3.63, 3.8) is 0 Å². The van der Waals surface area contributed by atoms with Gasteiger partial charge in [-0.2, -0.15) is 5.26 Å². The summed E-state index contributed by atoms with van der Waals surface area (Å²) >= 11 is 0. The first-order valence-electron chi connectivity index (χ1n) is 6.47. The second-order valence-corrected chi connectivity index (χ2v) is 4.80. The van der Waals surface area contributed by atoms with Gasteiger partial charge in [0.15, 0.2) is 0 Å². The maximum Gasteiger partial charge on any atom is 0.147 e. The Morgan fingerprint density at radius 1 is 1.42 bits per heavy atom. The molecule has 2 aromatic rings. The quantitative estimate of drug-likeness (QED) is 0.824. The molecule has 1 aliphatic rings. The largest absolute Gasteiger partial charge is 0.467 e. The molecule has 1 atom stereocenters. The Labute approximate surface area is 112 Å². The normalized spacial score (nSPS) is 18.5. The molecule has 0 spiro atoms. The summed E-state index contributed by atoms with van der Waals surface area (Å²) in [5.41, 5.74) is 1.56. The average Bonchev–Trinajstić information content (AvgIpc) is 3.09. The number of anilines is 1. The van der Waals surface area contributed by atoms with Gasteiger partial charge in [0, 0.05) is 12.2 Å². The highest BCUT2D eigenvalue weighted by atomic mass is 16.3. The SMILES string of the molecule is Cc1ccc(C#N)c(N2CCC[C@H]2c2ccco2)n1. The van der Waals surface area contributed by atoms with Crippen molar-refractivity contribution < 1.29 is 4.42 Å². The lowest BCUT2D eigenvalue weighted by atomic mass is 10.1. The van der Waals surface area contributed by atoms with E-state index in [1.807, 2.05) is 31.2 Å². The van der Waals surface area contributed by atoms with Crippen LogP contribution in [0.2, 0.25) is 0 Å². The topological polar surface area (TPSA) is 53.1 Å². The van der Waals surface area contributed by atoms with Crippen LogP contribution in [-0.4, -0.2) is 11.5 Å². The molecule has 0 N–H and O–H groups in total. The van der Waals surface area contributed by atoms with Crippen molar-refractivity contribution in [1.29, 1.82) is 5.26 Å². The number of hydrogen-bond donors (Lipinski definition) is 0. The van der Waals surface area contributed by atoms with Crippen molar-refractivity contribution in [1.82, 2.24) is 4.98 Å². The predicted molar refractivity (Wildman–Crippen MR) is 71.7 cm³/mol. The van der Waals surface area contributed by atoms with Gasteiger partial charge in [-0.1, -0.05) is 0 Å². The first kappa shape index (κ1) is 11.8. The molecule has 0 amide bonds. The van der Waals surface area contributed by atoms with Crippen LogP contribution in [0, 0.1) is 18.3 Å². The lowest BCUT2D eigenvalue weighted by Gasteiger charge is -2.25. The summed E-state index contributed by atoms with van der Waals surface area (Å²) in [4.78, 5) is 6.73. The van der Waals surface area contributed by atoms with E-state index in [-0.39, 0.29) is 6.04 Å². The van der Waals surface area contributed by atoms with E-state index in [0.29, 0.717) is 5.56 Å². The lowest BCUT2D eigenvalue weighted by Crippen LogP contribution is -2.24. The number of rotatable bonds is 2. The van der Waals surface area contributed by atoms with Gasteiger partial charge in [-0.25, -0.2) is 4.98 Å². The molecule has 0 saturated carbocycles. The van der Waals surface area contributed by atoms with Crippen LogP contribution in [0.3, 0.4) is 0 Å². The first-order valence-corrected chi connectivity index (χ1v) is 6.47. The molecule has 2 aromatic heterocycles. The van der Waals surface area contributed by atoms with Crippen LogP contribution in [0.15, 0.2) is 34.9 Å². The van der Waals surface area contributed by atoms with E-state index < -0.39 is 0 Å². The van der Waals surface area contributed by atoms with E-state index >= 15 is 0 Å². The number of nitrogens with zero attached hydrogens (tertiary/aromatic N) is 3. The molecule has 4 nitrogen and oxygen atoms in total. The van der Waals surface area contributed by atoms with Gasteiger partial charge in [0.2, 0.25) is 0 Å². The van der Waals surface area contributed by atoms with E-state index in [1.165, 1.54) is 0 Å². The molecule has 3 rings (SSSR count). The summed E-state index contributed by atoms with van der Waals surface area (Å²) in [7, 11) is 0. The highest BCUT2D eigenvalue weighted by Crippen LogP contribution is 2.36. The van der Waals surface area contributed by atoms with Crippen molar-refractivity contribution in [2.75, 3.05) is 11.4 Å². The van der Waals surface area contributed by atoms with Crippen LogP contribution < -0.4 is 4.90 Å². The lowest BCUT2D eigenvalue weighted by molar-refractivity contribution is 0.464. The molecule has 0 bridgehead atoms. The second kappa shape index (κ2) is 4.77. The maximum atomic E-state index is 9.25. The van der Waals surface area contributed by atoms with Crippen molar-refractivity contribution in [2.24, 2.45) is 0 Å². The van der Waals surface area contributed by atoms with Gasteiger partial charge in [-0.15, -0.1) is 0 Å². The Hall–Kier alpha value is -2.28. The summed E-state index contributed by atoms with van der Waals surface area (Å²) < 4.78 is 5.52. The van der Waals surface area contributed by atoms with E-state index in [2.05, 4.69) is 16.0 Å². The molecular weight excluding hydrogens is 238 g/mol. The van der Waals surface area contributed by atoms with Crippen molar-refractivity contribution in [2.45, 2.75) is 25.8 Å². The molecule has 0 unspecified atom stereocenters. The summed E-state index contributed by atoms with van der Waals surface area (Å²) in [6.45, 7) is 2.86. The summed E-state index contributed by atoms with van der Waals surface area (Å²) in [5.74, 6) is 1.73. The minimum absolute atomic E-state index is 0.191. The van der Waals surface area contributed by atoms with Gasteiger partial charge in [-0.05, 0) is 44.0 Å². The minimum atomic E-state index is 0.191. The third kappa shape index (κ3) is 2.08. The average molecular weight is 253 g/mol. The Morgan fingerprint density at radius 3 is 3.05 bits per heavy atom. The third-order valence-corrected chi connectivity index (χ3v) is 3.53. The number of furan rings is 1. The highest BCUT2D eigenvalue weighted by Gasteiger charge is 2.30. The Bertz CT molecular complexity index is 613. The van der Waals surface area contributed by atoms with Crippen molar-refractivity contribution >= 4 is 5.82 Å². The van der Waals surface area contributed by atoms with Gasteiger partial charge in [0.25, 0.3) is 0 Å². The molecule has 96 valence electrons. The predicted octanol–water partition coefficient (Wildman–Crippen LogP) is 3.20.